The molecule has 3 N–H and O–H groups in total. The van der Waals surface area contributed by atoms with Crippen molar-refractivity contribution in [2.45, 2.75) is 31.3 Å². The molecule has 17 heavy (non-hydrogen) atoms. The zero-order valence-corrected chi connectivity index (χ0v) is 9.96. The number of carboxylic acids is 1. The molecule has 1 aliphatic heterocycles. The third kappa shape index (κ3) is 2.91. The molecule has 1 heterocycles. The maximum Gasteiger partial charge on any atom is 0.306 e. The van der Waals surface area contributed by atoms with E-state index in [0.717, 1.165) is 11.8 Å². The van der Waals surface area contributed by atoms with Gasteiger partial charge in [-0.1, -0.05) is 11.8 Å². The van der Waals surface area contributed by atoms with Gasteiger partial charge in [-0.05, 0) is 19.3 Å². The standard InChI is InChI=1S/C10H14N2O4S/c13-8(7-4-17-10(16)12-7)11-6-2-1-5(3-6)9(14)15/h5-7H,1-4H2,(H,11,13)(H,12,16)(H,14,15)/t5-,6+,7?/m1/s1. The summed E-state index contributed by atoms with van der Waals surface area (Å²) in [6.45, 7) is 0. The Kier molecular flexibility index (Phi) is 3.56. The molecular weight excluding hydrogens is 244 g/mol. The third-order valence-electron chi connectivity index (χ3n) is 3.12. The third-order valence-corrected chi connectivity index (χ3v) is 4.00. The van der Waals surface area contributed by atoms with Crippen LogP contribution >= 0.6 is 11.8 Å². The van der Waals surface area contributed by atoms with Crippen molar-refractivity contribution in [1.29, 1.82) is 0 Å². The Bertz CT molecular complexity index is 360. The van der Waals surface area contributed by atoms with Gasteiger partial charge in [-0.25, -0.2) is 0 Å². The Labute approximate surface area is 103 Å². The van der Waals surface area contributed by atoms with Crippen LogP contribution in [0.2, 0.25) is 0 Å². The first-order valence-corrected chi connectivity index (χ1v) is 6.51. The van der Waals surface area contributed by atoms with Crippen LogP contribution in [-0.2, 0) is 9.59 Å². The minimum Gasteiger partial charge on any atom is -0.481 e. The minimum atomic E-state index is -0.800. The molecule has 7 heteroatoms. The van der Waals surface area contributed by atoms with Crippen LogP contribution in [0.1, 0.15) is 19.3 Å². The summed E-state index contributed by atoms with van der Waals surface area (Å²) in [4.78, 5) is 33.4. The molecule has 1 unspecified atom stereocenters. The lowest BCUT2D eigenvalue weighted by Crippen LogP contribution is -2.46. The quantitative estimate of drug-likeness (QED) is 0.671. The van der Waals surface area contributed by atoms with Crippen LogP contribution in [0.25, 0.3) is 0 Å². The average Bonchev–Trinajstić information content (AvgIpc) is 2.86. The highest BCUT2D eigenvalue weighted by Crippen LogP contribution is 2.26. The molecular formula is C10H14N2O4S. The number of hydrogen-bond donors (Lipinski definition) is 3. The Balaban J connectivity index is 1.80. The van der Waals surface area contributed by atoms with Crippen molar-refractivity contribution in [2.24, 2.45) is 5.92 Å². The molecule has 0 aromatic heterocycles. The molecule has 0 radical (unpaired) electrons. The van der Waals surface area contributed by atoms with Crippen LogP contribution in [0.15, 0.2) is 0 Å². The molecule has 1 saturated heterocycles. The van der Waals surface area contributed by atoms with Crippen LogP contribution in [0.3, 0.4) is 0 Å². The van der Waals surface area contributed by atoms with E-state index < -0.39 is 12.0 Å². The van der Waals surface area contributed by atoms with Crippen LogP contribution < -0.4 is 10.6 Å². The Morgan fingerprint density at radius 3 is 2.71 bits per heavy atom. The largest absolute Gasteiger partial charge is 0.481 e. The van der Waals surface area contributed by atoms with Gasteiger partial charge < -0.3 is 15.7 Å². The van der Waals surface area contributed by atoms with Gasteiger partial charge in [0.2, 0.25) is 5.91 Å². The second-order valence-corrected chi connectivity index (χ2v) is 5.34. The number of carbonyl (C=O) groups is 3. The molecule has 94 valence electrons. The SMILES string of the molecule is O=C1NC(C(=O)N[C@H]2CC[C@@H](C(=O)O)C2)CS1. The molecule has 2 fully saturated rings. The topological polar surface area (TPSA) is 95.5 Å². The fourth-order valence-corrected chi connectivity index (χ4v) is 2.94. The molecule has 2 rings (SSSR count). The van der Waals surface area contributed by atoms with E-state index in [4.69, 9.17) is 5.11 Å². The number of carboxylic acid groups (broad SMARTS) is 1. The fraction of sp³-hybridized carbons (Fsp3) is 0.700. The van der Waals surface area contributed by atoms with Gasteiger partial charge >= 0.3 is 5.97 Å². The first-order valence-electron chi connectivity index (χ1n) is 5.52. The predicted octanol–water partition coefficient (Wildman–Crippen LogP) is 0.181. The minimum absolute atomic E-state index is 0.0777. The smallest absolute Gasteiger partial charge is 0.306 e. The molecule has 0 bridgehead atoms. The molecule has 2 amide bonds. The van der Waals surface area contributed by atoms with Gasteiger partial charge in [-0.2, -0.15) is 0 Å². The molecule has 0 aromatic rings. The number of rotatable bonds is 3. The Hall–Kier alpha value is -1.24. The highest BCUT2D eigenvalue weighted by atomic mass is 32.2. The van der Waals surface area contributed by atoms with E-state index in [1.54, 1.807) is 0 Å². The van der Waals surface area contributed by atoms with Crippen LogP contribution in [0.4, 0.5) is 4.79 Å². The summed E-state index contributed by atoms with van der Waals surface area (Å²) in [7, 11) is 0. The first-order chi connectivity index (χ1) is 8.06. The van der Waals surface area contributed by atoms with Gasteiger partial charge in [-0.3, -0.25) is 14.4 Å². The second kappa shape index (κ2) is 4.95. The van der Waals surface area contributed by atoms with E-state index in [-0.39, 0.29) is 23.1 Å². The maximum atomic E-state index is 11.7. The van der Waals surface area contributed by atoms with Gasteiger partial charge in [0.05, 0.1) is 5.92 Å². The van der Waals surface area contributed by atoms with Gasteiger partial charge in [0.1, 0.15) is 6.04 Å². The van der Waals surface area contributed by atoms with Gasteiger partial charge in [0.15, 0.2) is 0 Å². The number of amides is 2. The molecule has 6 nitrogen and oxygen atoms in total. The zero-order valence-electron chi connectivity index (χ0n) is 9.14. The molecule has 3 atom stereocenters. The number of thioether (sulfide) groups is 1. The molecule has 0 spiro atoms. The van der Waals surface area contributed by atoms with E-state index in [1.807, 2.05) is 0 Å². The number of carbonyl (C=O) groups excluding carboxylic acids is 2. The molecule has 1 aliphatic carbocycles. The van der Waals surface area contributed by atoms with Crippen LogP contribution in [-0.4, -0.2) is 40.1 Å². The first kappa shape index (κ1) is 12.2. The fourth-order valence-electron chi connectivity index (χ4n) is 2.16. The summed E-state index contributed by atoms with van der Waals surface area (Å²) in [5.74, 6) is -0.918. The molecule has 1 saturated carbocycles. The summed E-state index contributed by atoms with van der Waals surface area (Å²) >= 11 is 1.09. The number of aliphatic carboxylic acids is 1. The van der Waals surface area contributed by atoms with E-state index in [0.29, 0.717) is 25.0 Å². The van der Waals surface area contributed by atoms with Crippen molar-refractivity contribution >= 4 is 28.9 Å². The summed E-state index contributed by atoms with van der Waals surface area (Å²) in [6, 6.07) is -0.553. The maximum absolute atomic E-state index is 11.7. The number of nitrogens with one attached hydrogen (secondary N) is 2. The van der Waals surface area contributed by atoms with E-state index in [1.165, 1.54) is 0 Å². The summed E-state index contributed by atoms with van der Waals surface area (Å²) < 4.78 is 0. The second-order valence-electron chi connectivity index (χ2n) is 4.35. The van der Waals surface area contributed by atoms with Crippen molar-refractivity contribution in [2.75, 3.05) is 5.75 Å². The molecule has 2 aliphatic rings. The average molecular weight is 258 g/mol. The van der Waals surface area contributed by atoms with Crippen molar-refractivity contribution in [1.82, 2.24) is 10.6 Å². The van der Waals surface area contributed by atoms with Crippen LogP contribution in [0.5, 0.6) is 0 Å². The van der Waals surface area contributed by atoms with Gasteiger partial charge in [-0.15, -0.1) is 0 Å². The van der Waals surface area contributed by atoms with E-state index in [2.05, 4.69) is 10.6 Å². The monoisotopic (exact) mass is 258 g/mol. The summed E-state index contributed by atoms with van der Waals surface area (Å²) in [6.07, 6.45) is 1.78. The van der Waals surface area contributed by atoms with Crippen molar-refractivity contribution in [3.8, 4) is 0 Å². The van der Waals surface area contributed by atoms with Gasteiger partial charge in [0.25, 0.3) is 5.24 Å². The molecule has 0 aromatic carbocycles. The highest BCUT2D eigenvalue weighted by Gasteiger charge is 2.33. The Morgan fingerprint density at radius 2 is 2.18 bits per heavy atom. The highest BCUT2D eigenvalue weighted by molar-refractivity contribution is 8.14. The lowest BCUT2D eigenvalue weighted by molar-refractivity contribution is -0.141. The van der Waals surface area contributed by atoms with Crippen molar-refractivity contribution < 1.29 is 19.5 Å². The predicted molar refractivity (Wildman–Crippen MR) is 61.7 cm³/mol. The zero-order chi connectivity index (χ0) is 12.4. The van der Waals surface area contributed by atoms with E-state index >= 15 is 0 Å². The summed E-state index contributed by atoms with van der Waals surface area (Å²) in [5, 5.41) is 14.0. The van der Waals surface area contributed by atoms with Crippen molar-refractivity contribution in [3.63, 3.8) is 0 Å². The number of hydrogen-bond acceptors (Lipinski definition) is 4. The lowest BCUT2D eigenvalue weighted by Gasteiger charge is -2.15. The van der Waals surface area contributed by atoms with Gasteiger partial charge in [0, 0.05) is 11.8 Å². The Morgan fingerprint density at radius 1 is 1.41 bits per heavy atom. The van der Waals surface area contributed by atoms with Crippen LogP contribution in [0, 0.1) is 5.92 Å². The van der Waals surface area contributed by atoms with Crippen molar-refractivity contribution in [3.05, 3.63) is 0 Å². The normalized spacial score (nSPS) is 32.2. The van der Waals surface area contributed by atoms with E-state index in [9.17, 15) is 14.4 Å². The summed E-state index contributed by atoms with van der Waals surface area (Å²) in [5.41, 5.74) is 0. The lowest BCUT2D eigenvalue weighted by atomic mass is 10.1.